The van der Waals surface area contributed by atoms with E-state index >= 15 is 0 Å². The third kappa shape index (κ3) is 5.01. The van der Waals surface area contributed by atoms with Gasteiger partial charge in [-0.3, -0.25) is 15.0 Å². The lowest BCUT2D eigenvalue weighted by molar-refractivity contribution is 0.261. The van der Waals surface area contributed by atoms with Gasteiger partial charge < -0.3 is 14.6 Å². The first-order chi connectivity index (χ1) is 16.9. The topological polar surface area (TPSA) is 107 Å². The van der Waals surface area contributed by atoms with Gasteiger partial charge in [0.05, 0.1) is 23.3 Å². The predicted octanol–water partition coefficient (Wildman–Crippen LogP) is 5.88. The van der Waals surface area contributed by atoms with Gasteiger partial charge in [-0.25, -0.2) is 9.18 Å². The number of halogens is 1. The Hall–Kier alpha value is -4.21. The maximum atomic E-state index is 14.7. The lowest BCUT2D eigenvalue weighted by atomic mass is 9.85. The number of urea groups is 1. The van der Waals surface area contributed by atoms with Gasteiger partial charge in [0, 0.05) is 48.6 Å². The fourth-order valence-electron chi connectivity index (χ4n) is 4.28. The molecule has 4 aromatic rings. The van der Waals surface area contributed by atoms with Gasteiger partial charge in [0.1, 0.15) is 17.3 Å². The van der Waals surface area contributed by atoms with E-state index in [4.69, 9.17) is 9.26 Å². The first-order valence-electron chi connectivity index (χ1n) is 11.4. The lowest BCUT2D eigenvalue weighted by Gasteiger charge is -2.19. The molecule has 5 rings (SSSR count). The summed E-state index contributed by atoms with van der Waals surface area (Å²) < 4.78 is 27.4. The van der Waals surface area contributed by atoms with Crippen LogP contribution in [0.1, 0.15) is 38.3 Å². The Morgan fingerprint density at radius 1 is 1.14 bits per heavy atom. The smallest absolute Gasteiger partial charge is 0.326 e. The highest BCUT2D eigenvalue weighted by Gasteiger charge is 2.33. The van der Waals surface area contributed by atoms with Crippen molar-refractivity contribution in [3.63, 3.8) is 0 Å². The number of anilines is 2. The highest BCUT2D eigenvalue weighted by molar-refractivity contribution is 5.99. The molecule has 1 aliphatic rings. The van der Waals surface area contributed by atoms with E-state index in [1.807, 2.05) is 13.2 Å². The van der Waals surface area contributed by atoms with E-state index in [0.29, 0.717) is 11.4 Å². The van der Waals surface area contributed by atoms with E-state index in [9.17, 15) is 9.18 Å². The van der Waals surface area contributed by atoms with Gasteiger partial charge in [0.15, 0.2) is 0 Å². The average molecular weight is 477 g/mol. The summed E-state index contributed by atoms with van der Waals surface area (Å²) in [5.41, 5.74) is 2.31. The Morgan fingerprint density at radius 3 is 2.69 bits per heavy atom. The molecule has 180 valence electrons. The fraction of sp³-hybridized carbons (Fsp3) is 0.280. The normalized spacial score (nSPS) is 14.6. The lowest BCUT2D eigenvalue weighted by Crippen LogP contribution is -2.20. The van der Waals surface area contributed by atoms with Gasteiger partial charge in [0.25, 0.3) is 0 Å². The van der Waals surface area contributed by atoms with Gasteiger partial charge >= 0.3 is 6.03 Å². The Labute approximate surface area is 201 Å². The van der Waals surface area contributed by atoms with Crippen LogP contribution in [0.25, 0.3) is 11.3 Å². The number of nitrogens with one attached hydrogen (secondary N) is 2. The number of carbonyl (C=O) groups is 1. The minimum absolute atomic E-state index is 0.00289. The van der Waals surface area contributed by atoms with Gasteiger partial charge in [-0.2, -0.15) is 5.10 Å². The first kappa shape index (κ1) is 22.6. The number of benzene rings is 1. The molecule has 35 heavy (non-hydrogen) atoms. The minimum Gasteiger partial charge on any atom is -0.457 e. The number of hydrogen-bond acceptors (Lipinski definition) is 6. The van der Waals surface area contributed by atoms with E-state index in [-0.39, 0.29) is 22.7 Å². The number of carbonyl (C=O) groups excluding carboxylic acids is 1. The van der Waals surface area contributed by atoms with Crippen molar-refractivity contribution in [1.29, 1.82) is 0 Å². The number of amides is 2. The minimum atomic E-state index is -0.643. The maximum Gasteiger partial charge on any atom is 0.326 e. The third-order valence-corrected chi connectivity index (χ3v) is 6.23. The van der Waals surface area contributed by atoms with Crippen LogP contribution in [0, 0.1) is 5.82 Å². The van der Waals surface area contributed by atoms with E-state index in [1.165, 1.54) is 12.1 Å². The van der Waals surface area contributed by atoms with Gasteiger partial charge in [-0.05, 0) is 31.0 Å². The largest absolute Gasteiger partial charge is 0.457 e. The van der Waals surface area contributed by atoms with Crippen molar-refractivity contribution in [1.82, 2.24) is 19.9 Å². The van der Waals surface area contributed by atoms with Crippen molar-refractivity contribution in [2.75, 3.05) is 10.6 Å². The van der Waals surface area contributed by atoms with Crippen molar-refractivity contribution in [3.8, 4) is 22.8 Å². The van der Waals surface area contributed by atoms with E-state index in [1.54, 1.807) is 41.3 Å². The van der Waals surface area contributed by atoms with E-state index in [2.05, 4.69) is 32.8 Å². The molecule has 2 amide bonds. The van der Waals surface area contributed by atoms with Crippen molar-refractivity contribution in [3.05, 3.63) is 66.5 Å². The van der Waals surface area contributed by atoms with E-state index in [0.717, 1.165) is 36.9 Å². The van der Waals surface area contributed by atoms with Gasteiger partial charge in [0.2, 0.25) is 5.88 Å². The van der Waals surface area contributed by atoms with Gasteiger partial charge in [-0.15, -0.1) is 0 Å². The van der Waals surface area contributed by atoms with Crippen LogP contribution in [0.3, 0.4) is 0 Å². The summed E-state index contributed by atoms with van der Waals surface area (Å²) in [6, 6.07) is 8.71. The molecule has 3 aromatic heterocycles. The number of hydrogen-bond donors (Lipinski definition) is 2. The second-order valence-electron chi connectivity index (χ2n) is 8.95. The zero-order valence-electron chi connectivity index (χ0n) is 19.4. The molecule has 0 saturated heterocycles. The van der Waals surface area contributed by atoms with Crippen LogP contribution in [0.2, 0.25) is 0 Å². The van der Waals surface area contributed by atoms with Crippen LogP contribution in [0.5, 0.6) is 11.5 Å². The van der Waals surface area contributed by atoms with E-state index < -0.39 is 11.8 Å². The molecule has 2 N–H and O–H groups in total. The summed E-state index contributed by atoms with van der Waals surface area (Å²) in [7, 11) is 1.82. The predicted molar refractivity (Wildman–Crippen MR) is 128 cm³/mol. The Balaban J connectivity index is 1.22. The maximum absolute atomic E-state index is 14.7. The SMILES string of the molecule is Cn1cc(-c2cc(Oc3ccc(NC(=O)Nc4cc(C5(C)CCCC5)no4)c(F)c3)ccn2)cn1. The molecule has 3 heterocycles. The van der Waals surface area contributed by atoms with Crippen LogP contribution < -0.4 is 15.4 Å². The van der Waals surface area contributed by atoms with Crippen LogP contribution in [0.4, 0.5) is 20.8 Å². The molecule has 0 aliphatic heterocycles. The molecule has 1 aromatic carbocycles. The monoisotopic (exact) mass is 476 g/mol. The molecule has 0 radical (unpaired) electrons. The highest BCUT2D eigenvalue weighted by atomic mass is 19.1. The molecule has 0 bridgehead atoms. The molecule has 9 nitrogen and oxygen atoms in total. The van der Waals surface area contributed by atoms with Crippen molar-refractivity contribution >= 4 is 17.6 Å². The van der Waals surface area contributed by atoms with Crippen LogP contribution in [-0.4, -0.2) is 26.0 Å². The molecular formula is C25H25FN6O3. The second kappa shape index (κ2) is 9.21. The molecular weight excluding hydrogens is 451 g/mol. The summed E-state index contributed by atoms with van der Waals surface area (Å²) in [6.07, 6.45) is 9.52. The molecule has 0 atom stereocenters. The van der Waals surface area contributed by atoms with Crippen molar-refractivity contribution in [2.24, 2.45) is 7.05 Å². The quantitative estimate of drug-likeness (QED) is 0.360. The zero-order chi connectivity index (χ0) is 24.4. The summed E-state index contributed by atoms with van der Waals surface area (Å²) >= 11 is 0. The fourth-order valence-corrected chi connectivity index (χ4v) is 4.28. The number of ether oxygens (including phenoxy) is 1. The zero-order valence-corrected chi connectivity index (χ0v) is 19.4. The standard InChI is InChI=1S/C25H25FN6O3/c1-25(8-3-4-9-25)22-13-23(35-31-22)30-24(33)29-20-6-5-17(11-19(20)26)34-18-7-10-27-21(12-18)16-14-28-32(2)15-16/h5-7,10-15H,3-4,8-9H2,1-2H3,(H2,29,30,33). The number of pyridine rings is 1. The summed E-state index contributed by atoms with van der Waals surface area (Å²) in [5.74, 6) is 0.347. The average Bonchev–Trinajstić information content (AvgIpc) is 3.58. The first-order valence-corrected chi connectivity index (χ1v) is 11.4. The Kier molecular flexibility index (Phi) is 5.94. The Bertz CT molecular complexity index is 1360. The number of aryl methyl sites for hydroxylation is 1. The van der Waals surface area contributed by atoms with Crippen LogP contribution >= 0.6 is 0 Å². The molecule has 0 unspecified atom stereocenters. The molecule has 1 saturated carbocycles. The molecule has 10 heteroatoms. The van der Waals surface area contributed by atoms with Gasteiger partial charge in [-0.1, -0.05) is 24.9 Å². The van der Waals surface area contributed by atoms with Crippen molar-refractivity contribution < 1.29 is 18.4 Å². The molecule has 0 spiro atoms. The summed E-state index contributed by atoms with van der Waals surface area (Å²) in [4.78, 5) is 16.7. The third-order valence-electron chi connectivity index (χ3n) is 6.23. The number of aromatic nitrogens is 4. The summed E-state index contributed by atoms with van der Waals surface area (Å²) in [5, 5.41) is 13.3. The summed E-state index contributed by atoms with van der Waals surface area (Å²) in [6.45, 7) is 2.15. The number of rotatable bonds is 6. The molecule has 1 aliphatic carbocycles. The Morgan fingerprint density at radius 2 is 1.94 bits per heavy atom. The van der Waals surface area contributed by atoms with Crippen LogP contribution in [-0.2, 0) is 12.5 Å². The molecule has 1 fully saturated rings. The number of nitrogens with zero attached hydrogens (tertiary/aromatic N) is 4. The second-order valence-corrected chi connectivity index (χ2v) is 8.95. The van der Waals surface area contributed by atoms with Crippen LogP contribution in [0.15, 0.2) is 59.5 Å². The van der Waals surface area contributed by atoms with Crippen molar-refractivity contribution in [2.45, 2.75) is 38.0 Å². The highest BCUT2D eigenvalue weighted by Crippen LogP contribution is 2.40.